The van der Waals surface area contributed by atoms with Gasteiger partial charge in [0.05, 0.1) is 11.5 Å². The Morgan fingerprint density at radius 1 is 1.17 bits per heavy atom. The summed E-state index contributed by atoms with van der Waals surface area (Å²) in [5.74, 6) is 1.41. The standard InChI is InChI=1S/C30H33NO4/c1-19-13-14-30(35-25(33)12-9-20-5-3-2-4-6-20)24-17-22-10-11-23(32)27-26(22)29(30,28(19)34-27)15-16-31(24)18-21-7-8-21/h2-6,10-11,21,24,28,32H,1,7-9,12-18H2/t24?,28-,29-,30+/m0/s1. The summed E-state index contributed by atoms with van der Waals surface area (Å²) >= 11 is 0. The first-order chi connectivity index (χ1) is 17.0. The van der Waals surface area contributed by atoms with Crippen LogP contribution in [-0.4, -0.2) is 46.8 Å². The predicted molar refractivity (Wildman–Crippen MR) is 133 cm³/mol. The lowest BCUT2D eigenvalue weighted by Gasteiger charge is -2.64. The van der Waals surface area contributed by atoms with E-state index in [0.717, 1.165) is 61.4 Å². The highest BCUT2D eigenvalue weighted by Crippen LogP contribution is 2.67. The summed E-state index contributed by atoms with van der Waals surface area (Å²) in [5, 5.41) is 10.8. The van der Waals surface area contributed by atoms with Gasteiger partial charge in [-0.3, -0.25) is 9.69 Å². The summed E-state index contributed by atoms with van der Waals surface area (Å²) in [7, 11) is 0. The first-order valence-electron chi connectivity index (χ1n) is 13.2. The minimum absolute atomic E-state index is 0.125. The molecule has 5 aliphatic rings. The Labute approximate surface area is 206 Å². The maximum Gasteiger partial charge on any atom is 0.306 e. The fourth-order valence-corrected chi connectivity index (χ4v) is 7.72. The molecule has 0 amide bonds. The van der Waals surface area contributed by atoms with Crippen molar-refractivity contribution in [1.29, 1.82) is 0 Å². The first-order valence-corrected chi connectivity index (χ1v) is 13.2. The van der Waals surface area contributed by atoms with Gasteiger partial charge in [-0.1, -0.05) is 43.0 Å². The van der Waals surface area contributed by atoms with Crippen molar-refractivity contribution in [3.63, 3.8) is 0 Å². The van der Waals surface area contributed by atoms with Gasteiger partial charge in [-0.15, -0.1) is 0 Å². The van der Waals surface area contributed by atoms with Gasteiger partial charge in [0.15, 0.2) is 11.5 Å². The number of benzene rings is 2. The molecule has 0 aromatic heterocycles. The van der Waals surface area contributed by atoms with Crippen molar-refractivity contribution in [2.24, 2.45) is 5.92 Å². The van der Waals surface area contributed by atoms with Gasteiger partial charge in [0, 0.05) is 18.5 Å². The number of phenolic OH excluding ortho intramolecular Hbond substituents is 1. The van der Waals surface area contributed by atoms with E-state index in [1.807, 2.05) is 18.2 Å². The van der Waals surface area contributed by atoms with Crippen LogP contribution in [0.3, 0.4) is 0 Å². The number of ether oxygens (including phenoxy) is 2. The van der Waals surface area contributed by atoms with Crippen molar-refractivity contribution in [2.45, 2.75) is 74.5 Å². The normalized spacial score (nSPS) is 32.6. The maximum atomic E-state index is 13.5. The van der Waals surface area contributed by atoms with Crippen molar-refractivity contribution in [2.75, 3.05) is 13.1 Å². The lowest BCUT2D eigenvalue weighted by atomic mass is 9.48. The molecule has 1 N–H and O–H groups in total. The Hall–Kier alpha value is -2.79. The van der Waals surface area contributed by atoms with E-state index in [1.54, 1.807) is 6.07 Å². The second-order valence-corrected chi connectivity index (χ2v) is 11.3. The molecule has 2 heterocycles. The van der Waals surface area contributed by atoms with Gasteiger partial charge in [0.25, 0.3) is 0 Å². The molecule has 2 bridgehead atoms. The van der Waals surface area contributed by atoms with Crippen LogP contribution in [0.25, 0.3) is 0 Å². The molecule has 1 saturated heterocycles. The molecule has 2 aromatic carbocycles. The van der Waals surface area contributed by atoms with Crippen LogP contribution in [0.15, 0.2) is 54.6 Å². The molecular weight excluding hydrogens is 438 g/mol. The highest BCUT2D eigenvalue weighted by molar-refractivity contribution is 5.72. The third-order valence-corrected chi connectivity index (χ3v) is 9.43. The molecular formula is C30H33NO4. The number of nitrogens with zero attached hydrogens (tertiary/aromatic N) is 1. The molecule has 2 saturated carbocycles. The van der Waals surface area contributed by atoms with E-state index < -0.39 is 11.0 Å². The summed E-state index contributed by atoms with van der Waals surface area (Å²) in [6.07, 6.45) is 6.61. The minimum Gasteiger partial charge on any atom is -0.504 e. The first kappa shape index (κ1) is 21.5. The number of rotatable bonds is 6. The number of phenols is 1. The second kappa shape index (κ2) is 7.60. The topological polar surface area (TPSA) is 59.0 Å². The zero-order valence-corrected chi connectivity index (χ0v) is 20.2. The molecule has 182 valence electrons. The van der Waals surface area contributed by atoms with Crippen LogP contribution >= 0.6 is 0 Å². The largest absolute Gasteiger partial charge is 0.504 e. The van der Waals surface area contributed by atoms with E-state index in [4.69, 9.17) is 9.47 Å². The van der Waals surface area contributed by atoms with Gasteiger partial charge in [-0.05, 0) is 80.2 Å². The van der Waals surface area contributed by atoms with E-state index in [9.17, 15) is 9.90 Å². The summed E-state index contributed by atoms with van der Waals surface area (Å²) in [6, 6.07) is 14.1. The number of likely N-dealkylation sites (tertiary alicyclic amines) is 1. The molecule has 2 aliphatic heterocycles. The zero-order chi connectivity index (χ0) is 23.8. The fraction of sp³-hybridized carbons (Fsp3) is 0.500. The summed E-state index contributed by atoms with van der Waals surface area (Å²) in [6.45, 7) is 6.45. The third-order valence-electron chi connectivity index (χ3n) is 9.43. The van der Waals surface area contributed by atoms with Gasteiger partial charge in [-0.2, -0.15) is 0 Å². The van der Waals surface area contributed by atoms with E-state index in [0.29, 0.717) is 18.6 Å². The maximum absolute atomic E-state index is 13.5. The second-order valence-electron chi connectivity index (χ2n) is 11.3. The lowest BCUT2D eigenvalue weighted by molar-refractivity contribution is -0.211. The van der Waals surface area contributed by atoms with Crippen molar-refractivity contribution in [1.82, 2.24) is 4.90 Å². The SMILES string of the molecule is C=C1CC[C@@]2(OC(=O)CCc3ccccc3)C3Cc4ccc(O)c5c4[C@@]2(CCN3CC2CC2)[C@H]1O5. The third kappa shape index (κ3) is 3.00. The Balaban J connectivity index is 1.31. The Kier molecular flexibility index (Phi) is 4.67. The number of piperidine rings is 1. The fourth-order valence-electron chi connectivity index (χ4n) is 7.72. The quantitative estimate of drug-likeness (QED) is 0.489. The van der Waals surface area contributed by atoms with Crippen molar-refractivity contribution < 1.29 is 19.4 Å². The van der Waals surface area contributed by atoms with Crippen LogP contribution in [0.5, 0.6) is 11.5 Å². The smallest absolute Gasteiger partial charge is 0.306 e. The van der Waals surface area contributed by atoms with Gasteiger partial charge in [0.1, 0.15) is 11.7 Å². The van der Waals surface area contributed by atoms with Crippen molar-refractivity contribution >= 4 is 5.97 Å². The van der Waals surface area contributed by atoms with Crippen LogP contribution in [-0.2, 0) is 27.8 Å². The van der Waals surface area contributed by atoms with Crippen LogP contribution in [0.1, 0.15) is 55.2 Å². The monoisotopic (exact) mass is 471 g/mol. The van der Waals surface area contributed by atoms with Gasteiger partial charge in [0.2, 0.25) is 0 Å². The zero-order valence-electron chi connectivity index (χ0n) is 20.2. The van der Waals surface area contributed by atoms with Gasteiger partial charge in [-0.25, -0.2) is 0 Å². The molecule has 5 nitrogen and oxygen atoms in total. The Morgan fingerprint density at radius 3 is 2.80 bits per heavy atom. The number of hydrogen-bond acceptors (Lipinski definition) is 5. The average Bonchev–Trinajstić information content (AvgIpc) is 3.60. The molecule has 0 radical (unpaired) electrons. The molecule has 1 spiro atoms. The minimum atomic E-state index is -0.661. The summed E-state index contributed by atoms with van der Waals surface area (Å²) in [5.41, 5.74) is 3.39. The number of aromatic hydroxyl groups is 1. The van der Waals surface area contributed by atoms with E-state index in [-0.39, 0.29) is 23.9 Å². The summed E-state index contributed by atoms with van der Waals surface area (Å²) < 4.78 is 13.3. The number of carbonyl (C=O) groups excluding carboxylic acids is 1. The number of esters is 1. The van der Waals surface area contributed by atoms with E-state index >= 15 is 0 Å². The molecule has 5 heteroatoms. The molecule has 3 fully saturated rings. The van der Waals surface area contributed by atoms with Crippen LogP contribution < -0.4 is 4.74 Å². The molecule has 3 aliphatic carbocycles. The Morgan fingerprint density at radius 2 is 2.00 bits per heavy atom. The number of hydrogen-bond donors (Lipinski definition) is 1. The van der Waals surface area contributed by atoms with E-state index in [2.05, 4.69) is 29.7 Å². The molecule has 35 heavy (non-hydrogen) atoms. The lowest BCUT2D eigenvalue weighted by Crippen LogP contribution is -2.76. The van der Waals surface area contributed by atoms with Crippen LogP contribution in [0.2, 0.25) is 0 Å². The Bertz CT molecular complexity index is 1200. The van der Waals surface area contributed by atoms with Crippen molar-refractivity contribution in [3.05, 3.63) is 71.3 Å². The predicted octanol–water partition coefficient (Wildman–Crippen LogP) is 4.70. The van der Waals surface area contributed by atoms with Crippen molar-refractivity contribution in [3.8, 4) is 11.5 Å². The highest BCUT2D eigenvalue weighted by atomic mass is 16.6. The number of aryl methyl sites for hydroxylation is 1. The highest BCUT2D eigenvalue weighted by Gasteiger charge is 2.74. The number of carbonyl (C=O) groups is 1. The molecule has 2 aromatic rings. The molecule has 1 unspecified atom stereocenters. The van der Waals surface area contributed by atoms with Crippen LogP contribution in [0, 0.1) is 5.92 Å². The van der Waals surface area contributed by atoms with Gasteiger partial charge >= 0.3 is 5.97 Å². The molecule has 7 rings (SSSR count). The van der Waals surface area contributed by atoms with Gasteiger partial charge < -0.3 is 14.6 Å². The van der Waals surface area contributed by atoms with Crippen LogP contribution in [0.4, 0.5) is 0 Å². The van der Waals surface area contributed by atoms with E-state index in [1.165, 1.54) is 18.4 Å². The average molecular weight is 472 g/mol. The molecule has 4 atom stereocenters. The summed E-state index contributed by atoms with van der Waals surface area (Å²) in [4.78, 5) is 16.2.